The Hall–Kier alpha value is -3.77. The Morgan fingerprint density at radius 3 is 2.49 bits per heavy atom. The molecule has 0 saturated carbocycles. The minimum absolute atomic E-state index is 0.166. The molecule has 3 rings (SSSR count). The summed E-state index contributed by atoms with van der Waals surface area (Å²) in [5, 5.41) is 15.2. The van der Waals surface area contributed by atoms with Gasteiger partial charge >= 0.3 is 0 Å². The molecule has 35 heavy (non-hydrogen) atoms. The summed E-state index contributed by atoms with van der Waals surface area (Å²) in [5.74, 6) is -0.228. The zero-order valence-corrected chi connectivity index (χ0v) is 21.1. The fraction of sp³-hybridized carbons (Fsp3) is 0.130. The highest BCUT2D eigenvalue weighted by Gasteiger charge is 2.29. The normalized spacial score (nSPS) is 11.3. The topological polar surface area (TPSA) is 131 Å². The number of carbonyl (C=O) groups is 1. The number of hydrogen-bond acceptors (Lipinski definition) is 7. The predicted octanol–water partition coefficient (Wildman–Crippen LogP) is 4.02. The number of carbonyl (C=O) groups excluding carboxylic acids is 1. The maximum Gasteiger partial charge on any atom is 0.273 e. The van der Waals surface area contributed by atoms with Crippen LogP contribution in [0.25, 0.3) is 0 Å². The van der Waals surface area contributed by atoms with Crippen molar-refractivity contribution in [2.45, 2.75) is 11.8 Å². The third-order valence-corrected chi connectivity index (χ3v) is 7.40. The van der Waals surface area contributed by atoms with Gasteiger partial charge < -0.3 is 4.74 Å². The van der Waals surface area contributed by atoms with Gasteiger partial charge in [0.05, 0.1) is 28.8 Å². The molecule has 12 heteroatoms. The largest absolute Gasteiger partial charge is 0.497 e. The van der Waals surface area contributed by atoms with E-state index >= 15 is 0 Å². The van der Waals surface area contributed by atoms with Gasteiger partial charge in [-0.05, 0) is 43.3 Å². The van der Waals surface area contributed by atoms with Gasteiger partial charge in [-0.15, -0.1) is 0 Å². The minimum atomic E-state index is -4.36. The average Bonchev–Trinajstić information content (AvgIpc) is 2.83. The molecule has 0 aliphatic rings. The van der Waals surface area contributed by atoms with E-state index < -0.39 is 27.4 Å². The van der Waals surface area contributed by atoms with Gasteiger partial charge in [-0.25, -0.2) is 13.8 Å². The third-order valence-electron chi connectivity index (χ3n) is 4.91. The first-order chi connectivity index (χ1) is 16.6. The van der Waals surface area contributed by atoms with Gasteiger partial charge in [0.2, 0.25) is 0 Å². The van der Waals surface area contributed by atoms with E-state index in [4.69, 9.17) is 4.74 Å². The molecule has 0 aliphatic heterocycles. The highest BCUT2D eigenvalue weighted by Crippen LogP contribution is 2.29. The van der Waals surface area contributed by atoms with Gasteiger partial charge in [-0.2, -0.15) is 5.10 Å². The number of ether oxygens (including phenoxy) is 1. The Balaban J connectivity index is 1.93. The second kappa shape index (κ2) is 11.1. The van der Waals surface area contributed by atoms with Gasteiger partial charge in [0.1, 0.15) is 12.3 Å². The fourth-order valence-electron chi connectivity index (χ4n) is 3.06. The fourth-order valence-corrected chi connectivity index (χ4v) is 4.89. The van der Waals surface area contributed by atoms with E-state index in [9.17, 15) is 23.3 Å². The van der Waals surface area contributed by atoms with Crippen LogP contribution in [-0.4, -0.2) is 39.1 Å². The molecule has 0 fully saturated rings. The second-order valence-electron chi connectivity index (χ2n) is 7.23. The first-order valence-corrected chi connectivity index (χ1v) is 12.3. The number of benzene rings is 3. The van der Waals surface area contributed by atoms with Crippen LogP contribution >= 0.6 is 15.9 Å². The van der Waals surface area contributed by atoms with Crippen LogP contribution < -0.4 is 14.5 Å². The smallest absolute Gasteiger partial charge is 0.273 e. The summed E-state index contributed by atoms with van der Waals surface area (Å²) in [7, 11) is -2.89. The summed E-state index contributed by atoms with van der Waals surface area (Å²) in [4.78, 5) is 23.0. The SMILES string of the molecule is COc1ccc(N(CC(=O)N/N=C\c2ccccc2Br)S(=O)(=O)c2ccc(C)c([N+](=O)[O-])c2)cc1. The molecule has 10 nitrogen and oxygen atoms in total. The van der Waals surface area contributed by atoms with Crippen molar-refractivity contribution in [1.82, 2.24) is 5.43 Å². The number of halogens is 1. The first kappa shape index (κ1) is 25.8. The highest BCUT2D eigenvalue weighted by atomic mass is 79.9. The molecule has 0 spiro atoms. The number of anilines is 1. The Bertz CT molecular complexity index is 1380. The van der Waals surface area contributed by atoms with Crippen LogP contribution in [0.2, 0.25) is 0 Å². The van der Waals surface area contributed by atoms with E-state index in [1.807, 2.05) is 12.1 Å². The number of nitro groups is 1. The quantitative estimate of drug-likeness (QED) is 0.239. The van der Waals surface area contributed by atoms with E-state index in [2.05, 4.69) is 26.5 Å². The molecule has 0 unspecified atom stereocenters. The number of amides is 1. The molecule has 0 aliphatic carbocycles. The monoisotopic (exact) mass is 560 g/mol. The maximum atomic E-state index is 13.5. The van der Waals surface area contributed by atoms with E-state index in [-0.39, 0.29) is 16.3 Å². The van der Waals surface area contributed by atoms with Crippen LogP contribution in [0.3, 0.4) is 0 Å². The van der Waals surface area contributed by atoms with Crippen LogP contribution in [0, 0.1) is 17.0 Å². The number of rotatable bonds is 9. The van der Waals surface area contributed by atoms with Gasteiger partial charge in [0, 0.05) is 21.7 Å². The maximum absolute atomic E-state index is 13.5. The Morgan fingerprint density at radius 2 is 1.86 bits per heavy atom. The van der Waals surface area contributed by atoms with Crippen molar-refractivity contribution >= 4 is 49.4 Å². The lowest BCUT2D eigenvalue weighted by Gasteiger charge is -2.24. The molecular weight excluding hydrogens is 540 g/mol. The molecule has 0 radical (unpaired) electrons. The lowest BCUT2D eigenvalue weighted by Crippen LogP contribution is -2.39. The molecule has 3 aromatic carbocycles. The van der Waals surface area contributed by atoms with E-state index in [0.717, 1.165) is 14.8 Å². The molecule has 182 valence electrons. The summed E-state index contributed by atoms with van der Waals surface area (Å²) in [6, 6.07) is 16.8. The summed E-state index contributed by atoms with van der Waals surface area (Å²) in [5.41, 5.74) is 3.15. The number of nitro benzene ring substituents is 1. The van der Waals surface area contributed by atoms with Crippen molar-refractivity contribution in [3.63, 3.8) is 0 Å². The molecule has 0 aromatic heterocycles. The highest BCUT2D eigenvalue weighted by molar-refractivity contribution is 9.10. The van der Waals surface area contributed by atoms with Crippen molar-refractivity contribution in [2.75, 3.05) is 18.0 Å². The zero-order valence-electron chi connectivity index (χ0n) is 18.7. The van der Waals surface area contributed by atoms with Crippen LogP contribution in [0.1, 0.15) is 11.1 Å². The molecule has 0 atom stereocenters. The van der Waals surface area contributed by atoms with Crippen LogP contribution in [0.15, 0.2) is 81.2 Å². The number of aryl methyl sites for hydroxylation is 1. The van der Waals surface area contributed by atoms with Gasteiger partial charge in [0.15, 0.2) is 0 Å². The standard InChI is InChI=1S/C23H21BrN4O6S/c1-16-7-12-20(13-22(16)28(30)31)35(32,33)27(18-8-10-19(34-2)11-9-18)15-23(29)26-25-14-17-5-3-4-6-21(17)24/h3-14H,15H2,1-2H3,(H,26,29)/b25-14-. The van der Waals surface area contributed by atoms with Gasteiger partial charge in [-0.1, -0.05) is 40.2 Å². The van der Waals surface area contributed by atoms with Crippen molar-refractivity contribution in [3.8, 4) is 5.75 Å². The molecular formula is C23H21BrN4O6S. The molecule has 0 heterocycles. The number of nitrogens with one attached hydrogen (secondary N) is 1. The van der Waals surface area contributed by atoms with Crippen molar-refractivity contribution in [3.05, 3.63) is 92.4 Å². The van der Waals surface area contributed by atoms with E-state index in [1.54, 1.807) is 24.3 Å². The van der Waals surface area contributed by atoms with Crippen LogP contribution in [0.5, 0.6) is 5.75 Å². The number of nitrogens with zero attached hydrogens (tertiary/aromatic N) is 3. The van der Waals surface area contributed by atoms with E-state index in [0.29, 0.717) is 16.9 Å². The zero-order chi connectivity index (χ0) is 25.6. The van der Waals surface area contributed by atoms with Crippen LogP contribution in [0.4, 0.5) is 11.4 Å². The average molecular weight is 561 g/mol. The molecule has 0 saturated heterocycles. The summed E-state index contributed by atoms with van der Waals surface area (Å²) >= 11 is 3.37. The first-order valence-electron chi connectivity index (χ1n) is 10.1. The Labute approximate surface area is 210 Å². The minimum Gasteiger partial charge on any atom is -0.497 e. The molecule has 1 amide bonds. The van der Waals surface area contributed by atoms with Crippen LogP contribution in [-0.2, 0) is 14.8 Å². The molecule has 0 bridgehead atoms. The summed E-state index contributed by atoms with van der Waals surface area (Å²) in [6.45, 7) is 0.885. The summed E-state index contributed by atoms with van der Waals surface area (Å²) in [6.07, 6.45) is 1.41. The predicted molar refractivity (Wildman–Crippen MR) is 135 cm³/mol. The van der Waals surface area contributed by atoms with E-state index in [1.165, 1.54) is 44.5 Å². The lowest BCUT2D eigenvalue weighted by atomic mass is 10.2. The van der Waals surface area contributed by atoms with Crippen molar-refractivity contribution in [1.29, 1.82) is 0 Å². The Morgan fingerprint density at radius 1 is 1.17 bits per heavy atom. The number of hydrogen-bond donors (Lipinski definition) is 1. The lowest BCUT2D eigenvalue weighted by molar-refractivity contribution is -0.385. The Kier molecular flexibility index (Phi) is 8.20. The molecule has 3 aromatic rings. The number of hydrazone groups is 1. The molecule has 1 N–H and O–H groups in total. The van der Waals surface area contributed by atoms with Gasteiger partial charge in [0.25, 0.3) is 21.6 Å². The number of methoxy groups -OCH3 is 1. The third kappa shape index (κ3) is 6.22. The number of sulfonamides is 1. The second-order valence-corrected chi connectivity index (χ2v) is 9.95. The van der Waals surface area contributed by atoms with Crippen molar-refractivity contribution in [2.24, 2.45) is 5.10 Å². The van der Waals surface area contributed by atoms with Crippen molar-refractivity contribution < 1.29 is 22.9 Å². The van der Waals surface area contributed by atoms with Gasteiger partial charge in [-0.3, -0.25) is 19.2 Å². The summed E-state index contributed by atoms with van der Waals surface area (Å²) < 4.78 is 33.7.